The van der Waals surface area contributed by atoms with Crippen molar-refractivity contribution >= 4 is 0 Å². The monoisotopic (exact) mass is 219 g/mol. The molecule has 0 aromatic rings. The molecule has 0 bridgehead atoms. The van der Waals surface area contributed by atoms with Crippen molar-refractivity contribution in [3.05, 3.63) is 0 Å². The van der Waals surface area contributed by atoms with E-state index in [2.05, 4.69) is 5.32 Å². The number of hydrogen-bond acceptors (Lipinski definition) is 5. The second-order valence-corrected chi connectivity index (χ2v) is 5.13. The van der Waals surface area contributed by atoms with Gasteiger partial charge in [0.2, 0.25) is 0 Å². The maximum atomic E-state index is 9.79. The molecular formula is C10H21NO4. The summed E-state index contributed by atoms with van der Waals surface area (Å²) in [4.78, 5) is 0. The summed E-state index contributed by atoms with van der Waals surface area (Å²) in [6, 6.07) is -0.670. The summed E-state index contributed by atoms with van der Waals surface area (Å²) in [5.41, 5.74) is -0.268. The maximum absolute atomic E-state index is 9.79. The van der Waals surface area contributed by atoms with Crippen molar-refractivity contribution in [2.75, 3.05) is 0 Å². The third-order valence-corrected chi connectivity index (χ3v) is 2.46. The predicted molar refractivity (Wildman–Crippen MR) is 55.2 cm³/mol. The van der Waals surface area contributed by atoms with Crippen molar-refractivity contribution < 1.29 is 20.1 Å². The van der Waals surface area contributed by atoms with Gasteiger partial charge >= 0.3 is 0 Å². The van der Waals surface area contributed by atoms with E-state index in [0.29, 0.717) is 0 Å². The van der Waals surface area contributed by atoms with Gasteiger partial charge in [-0.1, -0.05) is 0 Å². The molecule has 5 atom stereocenters. The van der Waals surface area contributed by atoms with E-state index in [0.717, 1.165) is 0 Å². The molecule has 1 unspecified atom stereocenters. The van der Waals surface area contributed by atoms with Crippen molar-refractivity contribution in [1.29, 1.82) is 0 Å². The summed E-state index contributed by atoms with van der Waals surface area (Å²) < 4.78 is 5.11. The first-order chi connectivity index (χ1) is 6.72. The zero-order chi connectivity index (χ0) is 11.8. The van der Waals surface area contributed by atoms with Crippen LogP contribution < -0.4 is 5.32 Å². The maximum Gasteiger partial charge on any atom is 0.173 e. The predicted octanol–water partition coefficient (Wildman–Crippen LogP) is -0.798. The van der Waals surface area contributed by atoms with Gasteiger partial charge in [-0.2, -0.15) is 0 Å². The molecule has 0 spiro atoms. The van der Waals surface area contributed by atoms with Gasteiger partial charge in [0, 0.05) is 5.54 Å². The Bertz CT molecular complexity index is 216. The Morgan fingerprint density at radius 1 is 1.07 bits per heavy atom. The molecule has 1 rings (SSSR count). The Morgan fingerprint density at radius 3 is 2.07 bits per heavy atom. The third kappa shape index (κ3) is 3.12. The number of ether oxygens (including phenoxy) is 1. The van der Waals surface area contributed by atoms with Crippen LogP contribution in [0.4, 0.5) is 0 Å². The Kier molecular flexibility index (Phi) is 3.73. The quantitative estimate of drug-likeness (QED) is 0.464. The molecule has 90 valence electrons. The summed E-state index contributed by atoms with van der Waals surface area (Å²) in [5, 5.41) is 32.1. The molecule has 5 heteroatoms. The van der Waals surface area contributed by atoms with Gasteiger partial charge in [0.25, 0.3) is 0 Å². The fourth-order valence-corrected chi connectivity index (χ4v) is 1.70. The Labute approximate surface area is 90.1 Å². The van der Waals surface area contributed by atoms with E-state index in [1.165, 1.54) is 0 Å². The van der Waals surface area contributed by atoms with Gasteiger partial charge in [0.15, 0.2) is 6.29 Å². The lowest BCUT2D eigenvalue weighted by atomic mass is 9.95. The molecular weight excluding hydrogens is 198 g/mol. The van der Waals surface area contributed by atoms with Gasteiger partial charge in [-0.3, -0.25) is 0 Å². The first-order valence-electron chi connectivity index (χ1n) is 5.20. The Morgan fingerprint density at radius 2 is 1.60 bits per heavy atom. The molecule has 1 aliphatic rings. The zero-order valence-electron chi connectivity index (χ0n) is 9.64. The van der Waals surface area contributed by atoms with E-state index in [-0.39, 0.29) is 5.54 Å². The van der Waals surface area contributed by atoms with Crippen LogP contribution in [0.2, 0.25) is 0 Å². The van der Waals surface area contributed by atoms with E-state index in [1.54, 1.807) is 6.92 Å². The standard InChI is InChI=1S/C10H21NO4/c1-5-7(12)8(13)6(9(14)15-5)11-10(2,3)4/h5-9,11-14H,1-4H3/t5-,6-,7+,8-,9?/m0/s1. The van der Waals surface area contributed by atoms with Gasteiger partial charge in [0.05, 0.1) is 12.1 Å². The molecule has 0 aromatic heterocycles. The van der Waals surface area contributed by atoms with Crippen LogP contribution in [-0.4, -0.2) is 51.5 Å². The van der Waals surface area contributed by atoms with Gasteiger partial charge in [-0.05, 0) is 27.7 Å². The topological polar surface area (TPSA) is 82.0 Å². The first kappa shape index (κ1) is 12.9. The zero-order valence-corrected chi connectivity index (χ0v) is 9.64. The fraction of sp³-hybridized carbons (Fsp3) is 1.00. The van der Waals surface area contributed by atoms with Crippen molar-refractivity contribution in [1.82, 2.24) is 5.32 Å². The third-order valence-electron chi connectivity index (χ3n) is 2.46. The van der Waals surface area contributed by atoms with Crippen LogP contribution in [-0.2, 0) is 4.74 Å². The Balaban J connectivity index is 2.70. The fourth-order valence-electron chi connectivity index (χ4n) is 1.70. The number of aliphatic hydroxyl groups is 3. The van der Waals surface area contributed by atoms with Crippen LogP contribution in [0, 0.1) is 0 Å². The molecule has 0 aliphatic carbocycles. The second kappa shape index (κ2) is 4.35. The number of hydrogen-bond donors (Lipinski definition) is 4. The highest BCUT2D eigenvalue weighted by Gasteiger charge is 2.42. The largest absolute Gasteiger partial charge is 0.388 e. The highest BCUT2D eigenvalue weighted by molar-refractivity contribution is 4.94. The summed E-state index contributed by atoms with van der Waals surface area (Å²) in [6.07, 6.45) is -3.66. The van der Waals surface area contributed by atoms with Crippen LogP contribution in [0.15, 0.2) is 0 Å². The summed E-state index contributed by atoms with van der Waals surface area (Å²) >= 11 is 0. The minimum absolute atomic E-state index is 0.268. The van der Waals surface area contributed by atoms with Crippen LogP contribution in [0.1, 0.15) is 27.7 Å². The molecule has 1 saturated heterocycles. The van der Waals surface area contributed by atoms with Crippen molar-refractivity contribution in [3.63, 3.8) is 0 Å². The highest BCUT2D eigenvalue weighted by Crippen LogP contribution is 2.21. The number of aliphatic hydroxyl groups excluding tert-OH is 3. The molecule has 1 aliphatic heterocycles. The average Bonchev–Trinajstić information content (AvgIpc) is 2.07. The average molecular weight is 219 g/mol. The minimum atomic E-state index is -1.10. The molecule has 5 nitrogen and oxygen atoms in total. The highest BCUT2D eigenvalue weighted by atomic mass is 16.6. The lowest BCUT2D eigenvalue weighted by molar-refractivity contribution is -0.245. The summed E-state index contributed by atoms with van der Waals surface area (Å²) in [6.45, 7) is 7.36. The van der Waals surface area contributed by atoms with Gasteiger partial charge < -0.3 is 25.4 Å². The lowest BCUT2D eigenvalue weighted by Crippen LogP contribution is -2.64. The molecule has 0 amide bonds. The van der Waals surface area contributed by atoms with E-state index in [1.807, 2.05) is 20.8 Å². The van der Waals surface area contributed by atoms with Crippen LogP contribution in [0.5, 0.6) is 0 Å². The van der Waals surface area contributed by atoms with Crippen LogP contribution in [0.3, 0.4) is 0 Å². The van der Waals surface area contributed by atoms with E-state index >= 15 is 0 Å². The van der Waals surface area contributed by atoms with Crippen molar-refractivity contribution in [2.24, 2.45) is 0 Å². The molecule has 1 fully saturated rings. The first-order valence-corrected chi connectivity index (χ1v) is 5.20. The lowest BCUT2D eigenvalue weighted by Gasteiger charge is -2.42. The Hall–Kier alpha value is -0.200. The molecule has 0 aromatic carbocycles. The van der Waals surface area contributed by atoms with Crippen LogP contribution in [0.25, 0.3) is 0 Å². The molecule has 0 saturated carbocycles. The molecule has 0 radical (unpaired) electrons. The van der Waals surface area contributed by atoms with E-state index in [9.17, 15) is 15.3 Å². The smallest absolute Gasteiger partial charge is 0.173 e. The molecule has 1 heterocycles. The SMILES string of the molecule is C[C@@H]1OC(O)[C@@H](NC(C)(C)C)[C@H](O)[C@@H]1O. The summed E-state index contributed by atoms with van der Waals surface area (Å²) in [5.74, 6) is 0. The van der Waals surface area contributed by atoms with Gasteiger partial charge in [0.1, 0.15) is 12.2 Å². The van der Waals surface area contributed by atoms with E-state index in [4.69, 9.17) is 4.74 Å². The van der Waals surface area contributed by atoms with Gasteiger partial charge in [-0.25, -0.2) is 0 Å². The summed E-state index contributed by atoms with van der Waals surface area (Å²) in [7, 11) is 0. The number of rotatable bonds is 1. The molecule has 15 heavy (non-hydrogen) atoms. The normalized spacial score (nSPS) is 43.0. The van der Waals surface area contributed by atoms with Gasteiger partial charge in [-0.15, -0.1) is 0 Å². The molecule has 4 N–H and O–H groups in total. The van der Waals surface area contributed by atoms with E-state index < -0.39 is 30.6 Å². The second-order valence-electron chi connectivity index (χ2n) is 5.13. The van der Waals surface area contributed by atoms with Crippen LogP contribution >= 0.6 is 0 Å². The minimum Gasteiger partial charge on any atom is -0.388 e. The van der Waals surface area contributed by atoms with Crippen molar-refractivity contribution in [2.45, 2.75) is 63.9 Å². The number of nitrogens with one attached hydrogen (secondary N) is 1. The van der Waals surface area contributed by atoms with Crippen molar-refractivity contribution in [3.8, 4) is 0 Å².